The van der Waals surface area contributed by atoms with Gasteiger partial charge in [-0.1, -0.05) is 51.9 Å². The second-order valence-electron chi connectivity index (χ2n) is 8.17. The Morgan fingerprint density at radius 1 is 0.906 bits per heavy atom. The van der Waals surface area contributed by atoms with Gasteiger partial charge in [-0.15, -0.1) is 0 Å². The number of hydrogen-bond acceptors (Lipinski definition) is 10. The summed E-state index contributed by atoms with van der Waals surface area (Å²) in [5, 5.41) is 38.9. The predicted molar refractivity (Wildman–Crippen MR) is 113 cm³/mol. The minimum Gasteiger partial charge on any atom is -0.462 e. The van der Waals surface area contributed by atoms with Crippen molar-refractivity contribution in [1.29, 1.82) is 0 Å². The third-order valence-electron chi connectivity index (χ3n) is 5.30. The van der Waals surface area contributed by atoms with Gasteiger partial charge < -0.3 is 39.4 Å². The Bertz CT molecular complexity index is 527. The maximum absolute atomic E-state index is 12.2. The molecular weight excluding hydrogens is 424 g/mol. The maximum Gasteiger partial charge on any atom is 0.306 e. The van der Waals surface area contributed by atoms with Crippen LogP contribution in [0.1, 0.15) is 71.6 Å². The van der Waals surface area contributed by atoms with Gasteiger partial charge in [0.05, 0.1) is 13.2 Å². The molecule has 1 rings (SSSR count). The highest BCUT2D eigenvalue weighted by Crippen LogP contribution is 2.22. The van der Waals surface area contributed by atoms with E-state index in [4.69, 9.17) is 18.9 Å². The number of unbranched alkanes of at least 4 members (excludes halogenated alkanes) is 7. The van der Waals surface area contributed by atoms with Gasteiger partial charge in [-0.05, 0) is 6.42 Å². The molecule has 0 aromatic carbocycles. The van der Waals surface area contributed by atoms with Crippen molar-refractivity contribution in [1.82, 2.24) is 0 Å². The molecule has 1 aliphatic rings. The molecule has 10 nitrogen and oxygen atoms in total. The number of ether oxygens (including phenoxy) is 4. The van der Waals surface area contributed by atoms with Crippen molar-refractivity contribution in [3.05, 3.63) is 0 Å². The van der Waals surface area contributed by atoms with Crippen LogP contribution in [0, 0.1) is 0 Å². The Morgan fingerprint density at radius 3 is 2.12 bits per heavy atom. The molecule has 0 spiro atoms. The zero-order valence-electron chi connectivity index (χ0n) is 19.2. The van der Waals surface area contributed by atoms with E-state index >= 15 is 0 Å². The monoisotopic (exact) mass is 464 g/mol. The highest BCUT2D eigenvalue weighted by Gasteiger charge is 2.44. The van der Waals surface area contributed by atoms with E-state index in [-0.39, 0.29) is 19.6 Å². The van der Waals surface area contributed by atoms with Crippen LogP contribution in [0.25, 0.3) is 0 Å². The van der Waals surface area contributed by atoms with Crippen molar-refractivity contribution in [2.24, 2.45) is 0 Å². The molecule has 6 atom stereocenters. The fourth-order valence-corrected chi connectivity index (χ4v) is 3.38. The quantitative estimate of drug-likeness (QED) is 0.191. The lowest BCUT2D eigenvalue weighted by molar-refractivity contribution is -0.305. The van der Waals surface area contributed by atoms with E-state index in [1.54, 1.807) is 0 Å². The first kappa shape index (κ1) is 28.7. The largest absolute Gasteiger partial charge is 0.462 e. The van der Waals surface area contributed by atoms with Crippen LogP contribution in [0.5, 0.6) is 0 Å². The normalized spacial score (nSPS) is 26.5. The third-order valence-corrected chi connectivity index (χ3v) is 5.30. The summed E-state index contributed by atoms with van der Waals surface area (Å²) < 4.78 is 20.9. The Labute approximate surface area is 189 Å². The highest BCUT2D eigenvalue weighted by atomic mass is 16.7. The van der Waals surface area contributed by atoms with Gasteiger partial charge in [0.15, 0.2) is 12.4 Å². The van der Waals surface area contributed by atoms with Crippen LogP contribution >= 0.6 is 0 Å². The highest BCUT2D eigenvalue weighted by molar-refractivity contribution is 5.69. The van der Waals surface area contributed by atoms with Crippen molar-refractivity contribution in [2.45, 2.75) is 108 Å². The first-order valence-electron chi connectivity index (χ1n) is 11.5. The summed E-state index contributed by atoms with van der Waals surface area (Å²) >= 11 is 0. The summed E-state index contributed by atoms with van der Waals surface area (Å²) in [6, 6.07) is 0. The zero-order valence-corrected chi connectivity index (χ0v) is 19.2. The number of rotatable bonds is 16. The molecule has 1 saturated heterocycles. The van der Waals surface area contributed by atoms with Gasteiger partial charge in [0.2, 0.25) is 0 Å². The number of aliphatic hydroxyl groups excluding tert-OH is 4. The van der Waals surface area contributed by atoms with Crippen molar-refractivity contribution in [2.75, 3.05) is 19.8 Å². The molecule has 0 amide bonds. The van der Waals surface area contributed by atoms with Gasteiger partial charge >= 0.3 is 11.9 Å². The Morgan fingerprint density at radius 2 is 1.53 bits per heavy atom. The van der Waals surface area contributed by atoms with Gasteiger partial charge in [-0.3, -0.25) is 9.59 Å². The maximum atomic E-state index is 12.2. The van der Waals surface area contributed by atoms with Crippen molar-refractivity contribution >= 4 is 11.9 Å². The van der Waals surface area contributed by atoms with Crippen LogP contribution in [0.3, 0.4) is 0 Å². The van der Waals surface area contributed by atoms with Gasteiger partial charge in [0.1, 0.15) is 31.0 Å². The van der Waals surface area contributed by atoms with Crippen LogP contribution in [-0.2, 0) is 28.5 Å². The van der Waals surface area contributed by atoms with E-state index in [2.05, 4.69) is 6.92 Å². The molecule has 0 bridgehead atoms. The van der Waals surface area contributed by atoms with E-state index in [1.165, 1.54) is 32.6 Å². The molecule has 0 saturated carbocycles. The molecular formula is C22H40O10. The summed E-state index contributed by atoms with van der Waals surface area (Å²) in [6.45, 7) is 2.29. The van der Waals surface area contributed by atoms with Crippen molar-refractivity contribution in [3.8, 4) is 0 Å². The van der Waals surface area contributed by atoms with Crippen LogP contribution in [0.15, 0.2) is 0 Å². The Kier molecular flexibility index (Phi) is 14.7. The third kappa shape index (κ3) is 11.0. The van der Waals surface area contributed by atoms with Crippen molar-refractivity contribution in [3.63, 3.8) is 0 Å². The molecule has 188 valence electrons. The van der Waals surface area contributed by atoms with E-state index in [9.17, 15) is 30.0 Å². The second-order valence-corrected chi connectivity index (χ2v) is 8.17. The number of hydrogen-bond donors (Lipinski definition) is 4. The number of esters is 2. The van der Waals surface area contributed by atoms with E-state index < -0.39 is 55.4 Å². The SMILES string of the molecule is CCCCCCCCCCC(=O)O[C@H](COC(C)=O)CO[C@@H]1O[C@H](CO)[C@H](O)[C@H](O)[C@H]1O. The molecule has 0 radical (unpaired) electrons. The zero-order chi connectivity index (χ0) is 23.9. The van der Waals surface area contributed by atoms with Gasteiger partial charge in [-0.25, -0.2) is 0 Å². The molecule has 1 aliphatic heterocycles. The summed E-state index contributed by atoms with van der Waals surface area (Å²) in [4.78, 5) is 23.3. The minimum absolute atomic E-state index is 0.228. The van der Waals surface area contributed by atoms with Gasteiger partial charge in [-0.2, -0.15) is 0 Å². The molecule has 0 aromatic heterocycles. The fraction of sp³-hybridized carbons (Fsp3) is 0.909. The van der Waals surface area contributed by atoms with Gasteiger partial charge in [0, 0.05) is 13.3 Å². The molecule has 1 heterocycles. The first-order valence-corrected chi connectivity index (χ1v) is 11.5. The average Bonchev–Trinajstić information content (AvgIpc) is 2.76. The fourth-order valence-electron chi connectivity index (χ4n) is 3.38. The summed E-state index contributed by atoms with van der Waals surface area (Å²) in [5.74, 6) is -1.01. The number of carbonyl (C=O) groups excluding carboxylic acids is 2. The molecule has 1 fully saturated rings. The molecule has 4 N–H and O–H groups in total. The Balaban J connectivity index is 2.43. The molecule has 0 unspecified atom stereocenters. The summed E-state index contributed by atoms with van der Waals surface area (Å²) in [5.41, 5.74) is 0. The second kappa shape index (κ2) is 16.3. The smallest absolute Gasteiger partial charge is 0.306 e. The predicted octanol–water partition coefficient (Wildman–Crippen LogP) is 0.809. The lowest BCUT2D eigenvalue weighted by atomic mass is 9.99. The van der Waals surface area contributed by atoms with Crippen LogP contribution in [-0.4, -0.2) is 89.0 Å². The lowest BCUT2D eigenvalue weighted by Gasteiger charge is -2.39. The molecule has 0 aromatic rings. The summed E-state index contributed by atoms with van der Waals surface area (Å²) in [7, 11) is 0. The van der Waals surface area contributed by atoms with Gasteiger partial charge in [0.25, 0.3) is 0 Å². The van der Waals surface area contributed by atoms with E-state index in [0.717, 1.165) is 19.3 Å². The number of carbonyl (C=O) groups is 2. The minimum atomic E-state index is -1.58. The van der Waals surface area contributed by atoms with Crippen LogP contribution < -0.4 is 0 Å². The summed E-state index contributed by atoms with van der Waals surface area (Å²) in [6.07, 6.45) is 0.895. The standard InChI is InChI=1S/C22H40O10/c1-3-4-5-6-7-8-9-10-11-18(25)31-16(13-29-15(2)24)14-30-22-21(28)20(27)19(26)17(12-23)32-22/h16-17,19-23,26-28H,3-14H2,1-2H3/t16-,17-,19+,20+,21-,22-/m1/s1. The number of aliphatic hydroxyl groups is 4. The molecule has 10 heteroatoms. The van der Waals surface area contributed by atoms with Crippen molar-refractivity contribution < 1.29 is 49.0 Å². The average molecular weight is 465 g/mol. The van der Waals surface area contributed by atoms with Crippen LogP contribution in [0.4, 0.5) is 0 Å². The Hall–Kier alpha value is -1.30. The van der Waals surface area contributed by atoms with Crippen LogP contribution in [0.2, 0.25) is 0 Å². The topological polar surface area (TPSA) is 152 Å². The lowest BCUT2D eigenvalue weighted by Crippen LogP contribution is -2.59. The van der Waals surface area contributed by atoms with E-state index in [0.29, 0.717) is 6.42 Å². The first-order chi connectivity index (χ1) is 15.3. The van der Waals surface area contributed by atoms with E-state index in [1.807, 2.05) is 0 Å². The molecule has 32 heavy (non-hydrogen) atoms. The molecule has 0 aliphatic carbocycles.